The topological polar surface area (TPSA) is 73.4 Å². The van der Waals surface area contributed by atoms with E-state index in [4.69, 9.17) is 23.9 Å². The third-order valence-electron chi connectivity index (χ3n) is 4.74. The molecule has 0 atom stereocenters. The number of methoxy groups -OCH3 is 4. The minimum absolute atomic E-state index is 0.202. The summed E-state index contributed by atoms with van der Waals surface area (Å²) in [6, 6.07) is 8.98. The van der Waals surface area contributed by atoms with E-state index in [-0.39, 0.29) is 5.91 Å². The fraction of sp³-hybridized carbons (Fsp3) is 0.364. The molecule has 1 aromatic heterocycles. The smallest absolute Gasteiger partial charge is 0.260 e. The van der Waals surface area contributed by atoms with Gasteiger partial charge >= 0.3 is 0 Å². The van der Waals surface area contributed by atoms with Crippen molar-refractivity contribution in [2.24, 2.45) is 0 Å². The minimum Gasteiger partial charge on any atom is -0.497 e. The molecule has 0 N–H and O–H groups in total. The van der Waals surface area contributed by atoms with Gasteiger partial charge in [0.25, 0.3) is 5.91 Å². The lowest BCUT2D eigenvalue weighted by molar-refractivity contribution is 0.0984. The van der Waals surface area contributed by atoms with Crippen molar-refractivity contribution < 1.29 is 23.7 Å². The Hall–Kier alpha value is -3.04. The molecule has 31 heavy (non-hydrogen) atoms. The lowest BCUT2D eigenvalue weighted by atomic mass is 10.1. The van der Waals surface area contributed by atoms with Gasteiger partial charge in [0, 0.05) is 18.7 Å². The Balaban J connectivity index is 2.05. The second-order valence-corrected chi connectivity index (χ2v) is 8.01. The van der Waals surface area contributed by atoms with Crippen LogP contribution in [-0.4, -0.2) is 71.4 Å². The molecule has 166 valence electrons. The van der Waals surface area contributed by atoms with E-state index in [0.717, 1.165) is 16.0 Å². The highest BCUT2D eigenvalue weighted by atomic mass is 32.1. The molecular formula is C22H27N3O5S. The number of aromatic nitrogens is 1. The summed E-state index contributed by atoms with van der Waals surface area (Å²) >= 11 is 1.45. The van der Waals surface area contributed by atoms with Gasteiger partial charge in [0.1, 0.15) is 5.75 Å². The van der Waals surface area contributed by atoms with E-state index in [1.54, 1.807) is 24.1 Å². The van der Waals surface area contributed by atoms with E-state index < -0.39 is 0 Å². The maximum atomic E-state index is 13.6. The fourth-order valence-corrected chi connectivity index (χ4v) is 4.10. The van der Waals surface area contributed by atoms with E-state index in [0.29, 0.717) is 41.0 Å². The molecule has 0 saturated heterocycles. The van der Waals surface area contributed by atoms with Crippen LogP contribution in [0.2, 0.25) is 0 Å². The van der Waals surface area contributed by atoms with Crippen LogP contribution in [0.4, 0.5) is 5.13 Å². The van der Waals surface area contributed by atoms with Gasteiger partial charge in [-0.1, -0.05) is 11.3 Å². The monoisotopic (exact) mass is 445 g/mol. The van der Waals surface area contributed by atoms with Crippen LogP contribution < -0.4 is 23.8 Å². The normalized spacial score (nSPS) is 10.9. The van der Waals surface area contributed by atoms with Gasteiger partial charge in [-0.2, -0.15) is 0 Å². The van der Waals surface area contributed by atoms with Crippen LogP contribution in [0.15, 0.2) is 30.3 Å². The van der Waals surface area contributed by atoms with E-state index >= 15 is 0 Å². The molecule has 0 radical (unpaired) electrons. The lowest BCUT2D eigenvalue weighted by Crippen LogP contribution is -2.36. The molecule has 3 aromatic rings. The van der Waals surface area contributed by atoms with E-state index in [1.165, 1.54) is 32.7 Å². The van der Waals surface area contributed by atoms with Crippen molar-refractivity contribution in [2.45, 2.75) is 0 Å². The first-order valence-electron chi connectivity index (χ1n) is 9.63. The van der Waals surface area contributed by atoms with Gasteiger partial charge in [0.2, 0.25) is 5.75 Å². The third-order valence-corrected chi connectivity index (χ3v) is 5.78. The van der Waals surface area contributed by atoms with Crippen LogP contribution >= 0.6 is 11.3 Å². The van der Waals surface area contributed by atoms with Crippen LogP contribution in [0.5, 0.6) is 23.0 Å². The standard InChI is InChI=1S/C22H27N3O5S/c1-24(2)9-10-25(22-23-16-8-7-15(27-3)13-19(16)31-22)21(26)14-11-17(28-4)20(30-6)18(12-14)29-5/h7-8,11-13H,9-10H2,1-6H3. The zero-order valence-electron chi connectivity index (χ0n) is 18.6. The van der Waals surface area contributed by atoms with Crippen molar-refractivity contribution in [1.82, 2.24) is 9.88 Å². The Kier molecular flexibility index (Phi) is 7.19. The van der Waals surface area contributed by atoms with Gasteiger partial charge in [-0.3, -0.25) is 9.69 Å². The van der Waals surface area contributed by atoms with Crippen LogP contribution in [0, 0.1) is 0 Å². The molecule has 0 aliphatic rings. The number of rotatable bonds is 9. The molecule has 2 aromatic carbocycles. The van der Waals surface area contributed by atoms with E-state index in [2.05, 4.69) is 0 Å². The molecule has 0 aliphatic heterocycles. The SMILES string of the molecule is COc1ccc2nc(N(CCN(C)C)C(=O)c3cc(OC)c(OC)c(OC)c3)sc2c1. The molecule has 0 aliphatic carbocycles. The molecular weight excluding hydrogens is 418 g/mol. The summed E-state index contributed by atoms with van der Waals surface area (Å²) in [6.07, 6.45) is 0. The molecule has 0 unspecified atom stereocenters. The molecule has 3 rings (SSSR count). The number of fused-ring (bicyclic) bond motifs is 1. The molecule has 8 nitrogen and oxygen atoms in total. The van der Waals surface area contributed by atoms with Gasteiger partial charge in [-0.25, -0.2) is 4.98 Å². The maximum Gasteiger partial charge on any atom is 0.260 e. The van der Waals surface area contributed by atoms with Crippen molar-refractivity contribution in [3.05, 3.63) is 35.9 Å². The first-order chi connectivity index (χ1) is 14.9. The first-order valence-corrected chi connectivity index (χ1v) is 10.4. The number of carbonyl (C=O) groups excluding carboxylic acids is 1. The summed E-state index contributed by atoms with van der Waals surface area (Å²) in [5.41, 5.74) is 1.23. The number of amides is 1. The average Bonchev–Trinajstić information content (AvgIpc) is 3.20. The average molecular weight is 446 g/mol. The van der Waals surface area contributed by atoms with Crippen molar-refractivity contribution in [1.29, 1.82) is 0 Å². The minimum atomic E-state index is -0.202. The summed E-state index contributed by atoms with van der Waals surface area (Å²) in [4.78, 5) is 22.0. The molecule has 9 heteroatoms. The predicted molar refractivity (Wildman–Crippen MR) is 123 cm³/mol. The molecule has 0 saturated carbocycles. The Bertz CT molecular complexity index is 1040. The fourth-order valence-electron chi connectivity index (χ4n) is 3.08. The number of thiazole rings is 1. The number of hydrogen-bond donors (Lipinski definition) is 0. The molecule has 1 heterocycles. The second-order valence-electron chi connectivity index (χ2n) is 7.00. The summed E-state index contributed by atoms with van der Waals surface area (Å²) in [7, 11) is 10.1. The number of anilines is 1. The third kappa shape index (κ3) is 4.83. The Morgan fingerprint density at radius 2 is 1.61 bits per heavy atom. The zero-order chi connectivity index (χ0) is 22.5. The highest BCUT2D eigenvalue weighted by Gasteiger charge is 2.25. The maximum absolute atomic E-state index is 13.6. The highest BCUT2D eigenvalue weighted by molar-refractivity contribution is 7.22. The van der Waals surface area contributed by atoms with Crippen molar-refractivity contribution in [3.63, 3.8) is 0 Å². The molecule has 0 bridgehead atoms. The molecule has 0 fully saturated rings. The number of likely N-dealkylation sites (N-methyl/N-ethyl adjacent to an activating group) is 1. The van der Waals surface area contributed by atoms with E-state index in [9.17, 15) is 4.79 Å². The highest BCUT2D eigenvalue weighted by Crippen LogP contribution is 2.39. The van der Waals surface area contributed by atoms with E-state index in [1.807, 2.05) is 37.2 Å². The van der Waals surface area contributed by atoms with Gasteiger partial charge in [-0.15, -0.1) is 0 Å². The Labute approximate surface area is 185 Å². The summed E-state index contributed by atoms with van der Waals surface area (Å²) in [5.74, 6) is 1.83. The van der Waals surface area contributed by atoms with Crippen molar-refractivity contribution in [3.8, 4) is 23.0 Å². The predicted octanol–water partition coefficient (Wildman–Crippen LogP) is 3.54. The lowest BCUT2D eigenvalue weighted by Gasteiger charge is -2.23. The summed E-state index contributed by atoms with van der Waals surface area (Å²) in [6.45, 7) is 1.15. The summed E-state index contributed by atoms with van der Waals surface area (Å²) < 4.78 is 22.5. The van der Waals surface area contributed by atoms with Crippen LogP contribution in [0.1, 0.15) is 10.4 Å². The van der Waals surface area contributed by atoms with Gasteiger partial charge in [-0.05, 0) is 44.4 Å². The number of nitrogens with zero attached hydrogens (tertiary/aromatic N) is 3. The van der Waals surface area contributed by atoms with Crippen LogP contribution in [-0.2, 0) is 0 Å². The molecule has 0 spiro atoms. The first kappa shape index (κ1) is 22.6. The van der Waals surface area contributed by atoms with Gasteiger partial charge in [0.15, 0.2) is 16.6 Å². The second kappa shape index (κ2) is 9.84. The Morgan fingerprint density at radius 3 is 2.16 bits per heavy atom. The van der Waals surface area contributed by atoms with Gasteiger partial charge in [0.05, 0.1) is 38.7 Å². The number of benzene rings is 2. The Morgan fingerprint density at radius 1 is 0.935 bits per heavy atom. The summed E-state index contributed by atoms with van der Waals surface area (Å²) in [5, 5.41) is 0.615. The van der Waals surface area contributed by atoms with Crippen molar-refractivity contribution >= 4 is 32.6 Å². The zero-order valence-corrected chi connectivity index (χ0v) is 19.4. The number of carbonyl (C=O) groups is 1. The van der Waals surface area contributed by atoms with Crippen LogP contribution in [0.25, 0.3) is 10.2 Å². The van der Waals surface area contributed by atoms with Crippen molar-refractivity contribution in [2.75, 3.05) is 60.5 Å². The number of hydrogen-bond acceptors (Lipinski definition) is 8. The van der Waals surface area contributed by atoms with Crippen LogP contribution in [0.3, 0.4) is 0 Å². The number of ether oxygens (including phenoxy) is 4. The quantitative estimate of drug-likeness (QED) is 0.499. The largest absolute Gasteiger partial charge is 0.497 e. The van der Waals surface area contributed by atoms with Gasteiger partial charge < -0.3 is 23.8 Å². The molecule has 1 amide bonds.